The fraction of sp³-hybridized carbons (Fsp3) is 0.158. The molecule has 11 heteroatoms. The van der Waals surface area contributed by atoms with Gasteiger partial charge in [0.2, 0.25) is 5.89 Å². The largest absolute Gasteiger partial charge is 0.493 e. The summed E-state index contributed by atoms with van der Waals surface area (Å²) in [6.45, 7) is -0.417. The SMILES string of the molecule is COc1cc2nc(CN3C(=O)c4ccc([N+](=O)[O-])cc4C3=O)oc(=O)c2cc1OC. The minimum atomic E-state index is -0.740. The number of benzene rings is 2. The first kappa shape index (κ1) is 19.1. The molecule has 0 aliphatic carbocycles. The van der Waals surface area contributed by atoms with Crippen molar-refractivity contribution >= 4 is 28.4 Å². The quantitative estimate of drug-likeness (QED) is 0.349. The van der Waals surface area contributed by atoms with E-state index in [1.165, 1.54) is 32.4 Å². The highest BCUT2D eigenvalue weighted by Crippen LogP contribution is 2.31. The van der Waals surface area contributed by atoms with Crippen LogP contribution in [-0.4, -0.2) is 40.8 Å². The van der Waals surface area contributed by atoms with Crippen molar-refractivity contribution in [3.8, 4) is 11.5 Å². The molecule has 0 saturated heterocycles. The lowest BCUT2D eigenvalue weighted by Crippen LogP contribution is -2.30. The summed E-state index contributed by atoms with van der Waals surface area (Å²) in [5.41, 5.74) is -0.883. The van der Waals surface area contributed by atoms with E-state index in [2.05, 4.69) is 4.98 Å². The predicted octanol–water partition coefficient (Wildman–Crippen LogP) is 1.91. The van der Waals surface area contributed by atoms with Gasteiger partial charge in [0, 0.05) is 24.3 Å². The zero-order valence-electron chi connectivity index (χ0n) is 15.7. The molecule has 0 N–H and O–H groups in total. The number of nitro groups is 1. The highest BCUT2D eigenvalue weighted by molar-refractivity contribution is 6.21. The summed E-state index contributed by atoms with van der Waals surface area (Å²) in [6.07, 6.45) is 0. The van der Waals surface area contributed by atoms with E-state index in [1.54, 1.807) is 0 Å². The van der Waals surface area contributed by atoms with Gasteiger partial charge in [0.25, 0.3) is 17.5 Å². The Morgan fingerprint density at radius 1 is 1.03 bits per heavy atom. The van der Waals surface area contributed by atoms with Crippen LogP contribution in [0.5, 0.6) is 11.5 Å². The van der Waals surface area contributed by atoms with Gasteiger partial charge >= 0.3 is 5.63 Å². The molecule has 0 saturated carbocycles. The van der Waals surface area contributed by atoms with Gasteiger partial charge in [-0.3, -0.25) is 24.6 Å². The van der Waals surface area contributed by atoms with Crippen molar-refractivity contribution in [1.82, 2.24) is 9.88 Å². The first-order valence-corrected chi connectivity index (χ1v) is 8.54. The third kappa shape index (κ3) is 2.92. The van der Waals surface area contributed by atoms with Gasteiger partial charge in [0.1, 0.15) is 6.54 Å². The molecule has 0 fully saturated rings. The lowest BCUT2D eigenvalue weighted by molar-refractivity contribution is -0.384. The average Bonchev–Trinajstić information content (AvgIpc) is 2.97. The molecule has 3 aromatic rings. The highest BCUT2D eigenvalue weighted by Gasteiger charge is 2.37. The zero-order chi connectivity index (χ0) is 21.6. The fourth-order valence-electron chi connectivity index (χ4n) is 3.18. The number of aromatic nitrogens is 1. The number of hydrogen-bond acceptors (Lipinski definition) is 9. The van der Waals surface area contributed by atoms with Crippen LogP contribution in [0.15, 0.2) is 39.5 Å². The number of fused-ring (bicyclic) bond motifs is 2. The summed E-state index contributed by atoms with van der Waals surface area (Å²) in [7, 11) is 2.84. The molecule has 0 radical (unpaired) electrons. The summed E-state index contributed by atoms with van der Waals surface area (Å²) >= 11 is 0. The number of nitrogens with zero attached hydrogens (tertiary/aromatic N) is 3. The normalized spacial score (nSPS) is 12.9. The third-order valence-electron chi connectivity index (χ3n) is 4.64. The minimum absolute atomic E-state index is 0.0279. The number of carbonyl (C=O) groups is 2. The van der Waals surface area contributed by atoms with E-state index in [9.17, 15) is 24.5 Å². The first-order chi connectivity index (χ1) is 14.3. The van der Waals surface area contributed by atoms with Crippen molar-refractivity contribution in [2.45, 2.75) is 6.54 Å². The van der Waals surface area contributed by atoms with Gasteiger partial charge in [-0.2, -0.15) is 0 Å². The van der Waals surface area contributed by atoms with Crippen molar-refractivity contribution in [3.05, 3.63) is 67.9 Å². The number of ether oxygens (including phenoxy) is 2. The van der Waals surface area contributed by atoms with E-state index in [1.807, 2.05) is 0 Å². The van der Waals surface area contributed by atoms with E-state index in [-0.39, 0.29) is 33.6 Å². The number of non-ortho nitro benzene ring substituents is 1. The van der Waals surface area contributed by atoms with Crippen LogP contribution in [0.1, 0.15) is 26.6 Å². The minimum Gasteiger partial charge on any atom is -0.493 e. The molecule has 4 rings (SSSR count). The maximum Gasteiger partial charge on any atom is 0.347 e. The molecule has 152 valence electrons. The summed E-state index contributed by atoms with van der Waals surface area (Å²) in [5.74, 6) is -0.933. The van der Waals surface area contributed by atoms with Crippen LogP contribution in [0.2, 0.25) is 0 Å². The molecule has 0 unspecified atom stereocenters. The number of carbonyl (C=O) groups excluding carboxylic acids is 2. The Kier molecular flexibility index (Phi) is 4.42. The summed E-state index contributed by atoms with van der Waals surface area (Å²) in [6, 6.07) is 6.28. The van der Waals surface area contributed by atoms with Crippen LogP contribution in [0, 0.1) is 10.1 Å². The number of amides is 2. The predicted molar refractivity (Wildman–Crippen MR) is 101 cm³/mol. The summed E-state index contributed by atoms with van der Waals surface area (Å²) in [5, 5.41) is 11.1. The number of imide groups is 1. The van der Waals surface area contributed by atoms with Crippen LogP contribution in [0.25, 0.3) is 10.9 Å². The molecular formula is C19H13N3O8. The van der Waals surface area contributed by atoms with Crippen molar-refractivity contribution in [2.75, 3.05) is 14.2 Å². The maximum absolute atomic E-state index is 12.6. The Bertz CT molecular complexity index is 1300. The molecule has 0 bridgehead atoms. The van der Waals surface area contributed by atoms with Crippen molar-refractivity contribution in [1.29, 1.82) is 0 Å². The van der Waals surface area contributed by atoms with E-state index in [4.69, 9.17) is 13.9 Å². The second-order valence-corrected chi connectivity index (χ2v) is 6.30. The Hall–Kier alpha value is -4.28. The van der Waals surface area contributed by atoms with E-state index in [0.717, 1.165) is 17.0 Å². The monoisotopic (exact) mass is 411 g/mol. The Morgan fingerprint density at radius 2 is 1.70 bits per heavy atom. The standard InChI is InChI=1S/C19H13N3O8/c1-28-14-6-12-13(7-15(14)29-2)20-16(30-19(12)25)8-21-17(23)10-4-3-9(22(26)27)5-11(10)18(21)24/h3-7H,8H2,1-2H3. The molecule has 2 heterocycles. The third-order valence-corrected chi connectivity index (χ3v) is 4.64. The second-order valence-electron chi connectivity index (χ2n) is 6.30. The number of rotatable bonds is 5. The Labute approximate surface area is 167 Å². The average molecular weight is 411 g/mol. The molecular weight excluding hydrogens is 398 g/mol. The summed E-state index contributed by atoms with van der Waals surface area (Å²) in [4.78, 5) is 52.9. The van der Waals surface area contributed by atoms with E-state index < -0.39 is 28.9 Å². The number of hydrogen-bond donors (Lipinski definition) is 0. The molecule has 30 heavy (non-hydrogen) atoms. The Morgan fingerprint density at radius 3 is 2.37 bits per heavy atom. The maximum atomic E-state index is 12.6. The van der Waals surface area contributed by atoms with Gasteiger partial charge < -0.3 is 13.9 Å². The molecule has 1 aliphatic rings. The van der Waals surface area contributed by atoms with Gasteiger partial charge in [0.05, 0.1) is 41.2 Å². The van der Waals surface area contributed by atoms with E-state index >= 15 is 0 Å². The Balaban J connectivity index is 1.72. The van der Waals surface area contributed by atoms with Gasteiger partial charge in [0.15, 0.2) is 11.5 Å². The van der Waals surface area contributed by atoms with Gasteiger partial charge in [-0.05, 0) is 6.07 Å². The van der Waals surface area contributed by atoms with E-state index in [0.29, 0.717) is 11.5 Å². The summed E-state index contributed by atoms with van der Waals surface area (Å²) < 4.78 is 15.5. The van der Waals surface area contributed by atoms with Gasteiger partial charge in [-0.1, -0.05) is 0 Å². The number of nitro benzene ring substituents is 1. The van der Waals surface area contributed by atoms with Crippen molar-refractivity contribution < 1.29 is 28.4 Å². The van der Waals surface area contributed by atoms with Crippen LogP contribution in [0.3, 0.4) is 0 Å². The molecule has 2 aromatic carbocycles. The molecule has 0 atom stereocenters. The van der Waals surface area contributed by atoms with Crippen molar-refractivity contribution in [2.24, 2.45) is 0 Å². The first-order valence-electron chi connectivity index (χ1n) is 8.54. The van der Waals surface area contributed by atoms with Crippen LogP contribution >= 0.6 is 0 Å². The molecule has 1 aliphatic heterocycles. The fourth-order valence-corrected chi connectivity index (χ4v) is 3.18. The van der Waals surface area contributed by atoms with Crippen LogP contribution in [-0.2, 0) is 6.54 Å². The van der Waals surface area contributed by atoms with Gasteiger partial charge in [-0.25, -0.2) is 9.78 Å². The molecule has 1 aromatic heterocycles. The van der Waals surface area contributed by atoms with Crippen molar-refractivity contribution in [3.63, 3.8) is 0 Å². The number of methoxy groups -OCH3 is 2. The lowest BCUT2D eigenvalue weighted by atomic mass is 10.1. The second kappa shape index (κ2) is 6.95. The van der Waals surface area contributed by atoms with Crippen LogP contribution in [0.4, 0.5) is 5.69 Å². The smallest absolute Gasteiger partial charge is 0.347 e. The molecule has 2 amide bonds. The molecule has 11 nitrogen and oxygen atoms in total. The van der Waals surface area contributed by atoms with Crippen LogP contribution < -0.4 is 15.1 Å². The lowest BCUT2D eigenvalue weighted by Gasteiger charge is -2.13. The topological polar surface area (TPSA) is 142 Å². The molecule has 0 spiro atoms. The van der Waals surface area contributed by atoms with Gasteiger partial charge in [-0.15, -0.1) is 0 Å². The zero-order valence-corrected chi connectivity index (χ0v) is 15.7. The highest BCUT2D eigenvalue weighted by atomic mass is 16.6.